The van der Waals surface area contributed by atoms with Crippen molar-refractivity contribution in [2.24, 2.45) is 0 Å². The molecule has 0 amide bonds. The molecule has 2 aromatic heterocycles. The number of aromatic amines is 1. The van der Waals surface area contributed by atoms with E-state index in [1.165, 1.54) is 12.1 Å². The van der Waals surface area contributed by atoms with E-state index in [1.54, 1.807) is 12.7 Å². The number of alkyl halides is 1. The van der Waals surface area contributed by atoms with Crippen LogP contribution < -0.4 is 0 Å². The van der Waals surface area contributed by atoms with E-state index in [4.69, 9.17) is 0 Å². The van der Waals surface area contributed by atoms with Gasteiger partial charge in [-0.05, 0) is 47.4 Å². The molecule has 8 heteroatoms. The molecule has 0 bridgehead atoms. The summed E-state index contributed by atoms with van der Waals surface area (Å²) in [5.74, 6) is 0.139. The second-order valence-electron chi connectivity index (χ2n) is 9.27. The molecular weight excluding hydrogens is 434 g/mol. The molecule has 0 aliphatic carbocycles. The average molecular weight is 465 g/mol. The molecule has 178 valence electrons. The number of hydrogen-bond acceptors (Lipinski definition) is 4. The van der Waals surface area contributed by atoms with Crippen molar-refractivity contribution < 1.29 is 8.78 Å². The van der Waals surface area contributed by atoms with Crippen LogP contribution in [-0.2, 0) is 6.42 Å². The Kier molecular flexibility index (Phi) is 6.69. The molecule has 1 aliphatic heterocycles. The number of nitrogens with one attached hydrogen (secondary N) is 1. The maximum absolute atomic E-state index is 15.1. The Hall–Kier alpha value is -3.10. The number of aromatic nitrogens is 4. The minimum Gasteiger partial charge on any atom is -0.361 e. The lowest BCUT2D eigenvalue weighted by Gasteiger charge is -2.36. The number of H-pyrrole nitrogens is 1. The normalized spacial score (nSPS) is 17.3. The third kappa shape index (κ3) is 5.18. The zero-order valence-corrected chi connectivity index (χ0v) is 19.4. The van der Waals surface area contributed by atoms with Gasteiger partial charge in [0.05, 0.1) is 0 Å². The standard InChI is InChI=1S/C26H30F2N6/c1-19(20-2-4-22(27)5-3-20)15-32-8-10-33(11-9-32)16-23(28)12-21-14-29-26-7-6-24(13-25(21)26)34-17-30-31-18-34/h2-7,13-14,17-19,23,29H,8-12,15-16H2,1H3. The van der Waals surface area contributed by atoms with E-state index in [-0.39, 0.29) is 5.82 Å². The summed E-state index contributed by atoms with van der Waals surface area (Å²) in [6, 6.07) is 12.8. The zero-order chi connectivity index (χ0) is 23.5. The van der Waals surface area contributed by atoms with Crippen LogP contribution in [0.3, 0.4) is 0 Å². The summed E-state index contributed by atoms with van der Waals surface area (Å²) in [5.41, 5.74) is 4.10. The van der Waals surface area contributed by atoms with Crippen LogP contribution in [0.1, 0.15) is 24.0 Å². The van der Waals surface area contributed by atoms with E-state index in [0.29, 0.717) is 18.9 Å². The SMILES string of the molecule is CC(CN1CCN(CC(F)Cc2c[nH]c3ccc(-n4cnnc4)cc23)CC1)c1ccc(F)cc1. The van der Waals surface area contributed by atoms with Gasteiger partial charge in [-0.25, -0.2) is 8.78 Å². The van der Waals surface area contributed by atoms with E-state index >= 15 is 4.39 Å². The van der Waals surface area contributed by atoms with E-state index in [0.717, 1.165) is 60.4 Å². The van der Waals surface area contributed by atoms with Gasteiger partial charge in [-0.15, -0.1) is 10.2 Å². The lowest BCUT2D eigenvalue weighted by molar-refractivity contribution is 0.104. The maximum atomic E-state index is 15.1. The lowest BCUT2D eigenvalue weighted by atomic mass is 10.0. The molecule has 2 aromatic carbocycles. The molecule has 5 rings (SSSR count). The number of nitrogens with zero attached hydrogens (tertiary/aromatic N) is 5. The summed E-state index contributed by atoms with van der Waals surface area (Å²) in [5, 5.41) is 8.76. The summed E-state index contributed by atoms with van der Waals surface area (Å²) in [6.45, 7) is 7.13. The highest BCUT2D eigenvalue weighted by molar-refractivity contribution is 5.85. The molecule has 2 unspecified atom stereocenters. The minimum atomic E-state index is -0.928. The monoisotopic (exact) mass is 464 g/mol. The van der Waals surface area contributed by atoms with E-state index in [9.17, 15) is 4.39 Å². The second-order valence-corrected chi connectivity index (χ2v) is 9.27. The first-order valence-corrected chi connectivity index (χ1v) is 11.8. The quantitative estimate of drug-likeness (QED) is 0.425. The van der Waals surface area contributed by atoms with Gasteiger partial charge in [-0.1, -0.05) is 19.1 Å². The molecule has 1 N–H and O–H groups in total. The van der Waals surface area contributed by atoms with E-state index in [1.807, 2.05) is 35.0 Å². The van der Waals surface area contributed by atoms with Crippen molar-refractivity contribution in [3.63, 3.8) is 0 Å². The number of piperazine rings is 1. The molecule has 1 fully saturated rings. The third-order valence-electron chi connectivity index (χ3n) is 6.80. The van der Waals surface area contributed by atoms with Crippen molar-refractivity contribution in [2.75, 3.05) is 39.3 Å². The van der Waals surface area contributed by atoms with Crippen LogP contribution in [0.25, 0.3) is 16.6 Å². The lowest BCUT2D eigenvalue weighted by Crippen LogP contribution is -2.49. The van der Waals surface area contributed by atoms with Gasteiger partial charge in [0.1, 0.15) is 24.6 Å². The topological polar surface area (TPSA) is 53.0 Å². The predicted molar refractivity (Wildman–Crippen MR) is 130 cm³/mol. The zero-order valence-electron chi connectivity index (χ0n) is 19.4. The first-order valence-electron chi connectivity index (χ1n) is 11.8. The first kappa shape index (κ1) is 22.7. The average Bonchev–Trinajstić information content (AvgIpc) is 3.51. The Morgan fingerprint density at radius 3 is 2.32 bits per heavy atom. The van der Waals surface area contributed by atoms with Crippen LogP contribution in [0.15, 0.2) is 61.3 Å². The van der Waals surface area contributed by atoms with E-state index < -0.39 is 6.17 Å². The van der Waals surface area contributed by atoms with Gasteiger partial charge in [0.25, 0.3) is 0 Å². The summed E-state index contributed by atoms with van der Waals surface area (Å²) in [4.78, 5) is 7.91. The number of benzene rings is 2. The highest BCUT2D eigenvalue weighted by atomic mass is 19.1. The van der Waals surface area contributed by atoms with Crippen LogP contribution in [-0.4, -0.2) is 75.0 Å². The van der Waals surface area contributed by atoms with Gasteiger partial charge in [-0.2, -0.15) is 0 Å². The fraction of sp³-hybridized carbons (Fsp3) is 0.385. The van der Waals surface area contributed by atoms with Gasteiger partial charge in [0, 0.05) is 68.5 Å². The number of hydrogen-bond donors (Lipinski definition) is 1. The molecule has 3 heterocycles. The Labute approximate surface area is 198 Å². The van der Waals surface area contributed by atoms with Crippen molar-refractivity contribution in [3.05, 3.63) is 78.3 Å². The Morgan fingerprint density at radius 2 is 1.62 bits per heavy atom. The molecular formula is C26H30F2N6. The van der Waals surface area contributed by atoms with Crippen molar-refractivity contribution in [1.82, 2.24) is 29.5 Å². The van der Waals surface area contributed by atoms with Gasteiger partial charge in [0.2, 0.25) is 0 Å². The summed E-state index contributed by atoms with van der Waals surface area (Å²) in [6.07, 6.45) is 4.69. The molecule has 6 nitrogen and oxygen atoms in total. The smallest absolute Gasteiger partial charge is 0.123 e. The molecule has 2 atom stereocenters. The Balaban J connectivity index is 1.13. The summed E-state index contributed by atoms with van der Waals surface area (Å²) < 4.78 is 30.1. The molecule has 0 radical (unpaired) electrons. The number of fused-ring (bicyclic) bond motifs is 1. The van der Waals surface area contributed by atoms with Crippen LogP contribution in [0.2, 0.25) is 0 Å². The number of halogens is 2. The van der Waals surface area contributed by atoms with Crippen molar-refractivity contribution in [1.29, 1.82) is 0 Å². The Morgan fingerprint density at radius 1 is 0.941 bits per heavy atom. The second kappa shape index (κ2) is 10.0. The summed E-state index contributed by atoms with van der Waals surface area (Å²) in [7, 11) is 0. The minimum absolute atomic E-state index is 0.200. The molecule has 0 saturated carbocycles. The first-order chi connectivity index (χ1) is 16.5. The van der Waals surface area contributed by atoms with Gasteiger partial charge < -0.3 is 9.88 Å². The third-order valence-corrected chi connectivity index (χ3v) is 6.80. The maximum Gasteiger partial charge on any atom is 0.123 e. The van der Waals surface area contributed by atoms with Crippen LogP contribution in [0.5, 0.6) is 0 Å². The fourth-order valence-electron chi connectivity index (χ4n) is 4.85. The highest BCUT2D eigenvalue weighted by Gasteiger charge is 2.22. The molecule has 34 heavy (non-hydrogen) atoms. The van der Waals surface area contributed by atoms with Crippen molar-refractivity contribution in [3.8, 4) is 5.69 Å². The number of rotatable bonds is 8. The predicted octanol–water partition coefficient (Wildman–Crippen LogP) is 4.19. The van der Waals surface area contributed by atoms with Crippen LogP contribution in [0.4, 0.5) is 8.78 Å². The molecule has 1 aliphatic rings. The van der Waals surface area contributed by atoms with Gasteiger partial charge >= 0.3 is 0 Å². The van der Waals surface area contributed by atoms with Crippen LogP contribution >= 0.6 is 0 Å². The largest absolute Gasteiger partial charge is 0.361 e. The molecule has 4 aromatic rings. The highest BCUT2D eigenvalue weighted by Crippen LogP contribution is 2.24. The summed E-state index contributed by atoms with van der Waals surface area (Å²) >= 11 is 0. The molecule has 1 saturated heterocycles. The fourth-order valence-corrected chi connectivity index (χ4v) is 4.85. The van der Waals surface area contributed by atoms with Gasteiger partial charge in [0.15, 0.2) is 0 Å². The van der Waals surface area contributed by atoms with E-state index in [2.05, 4.69) is 38.0 Å². The van der Waals surface area contributed by atoms with Crippen molar-refractivity contribution in [2.45, 2.75) is 25.4 Å². The Bertz CT molecular complexity index is 1200. The van der Waals surface area contributed by atoms with Crippen LogP contribution in [0, 0.1) is 5.82 Å². The molecule has 0 spiro atoms. The van der Waals surface area contributed by atoms with Crippen molar-refractivity contribution >= 4 is 10.9 Å². The van der Waals surface area contributed by atoms with Gasteiger partial charge in [-0.3, -0.25) is 9.47 Å².